The Bertz CT molecular complexity index is 1330. The lowest BCUT2D eigenvalue weighted by molar-refractivity contribution is -0.661. The molecule has 7 N–H and O–H groups in total. The smallest absolute Gasteiger partial charge is 0.270 e. The van der Waals surface area contributed by atoms with Gasteiger partial charge < -0.3 is 10.4 Å². The quantitative estimate of drug-likeness (QED) is 0.276. The van der Waals surface area contributed by atoms with Crippen molar-refractivity contribution in [2.24, 2.45) is 0 Å². The van der Waals surface area contributed by atoms with Crippen molar-refractivity contribution < 1.29 is 23.8 Å². The van der Waals surface area contributed by atoms with Gasteiger partial charge in [-0.25, -0.2) is 13.4 Å². The number of pyridine rings is 2. The molecule has 4 rings (SSSR count). The lowest BCUT2D eigenvalue weighted by Gasteiger charge is -2.10. The monoisotopic (exact) mass is 465 g/mol. The number of quaternary nitrogens is 1. The van der Waals surface area contributed by atoms with E-state index in [2.05, 4.69) is 14.7 Å². The summed E-state index contributed by atoms with van der Waals surface area (Å²) in [4.78, 5) is 7.24. The van der Waals surface area contributed by atoms with Crippen LogP contribution in [0.1, 0.15) is 17.2 Å². The molecule has 2 aromatic heterocycles. The van der Waals surface area contributed by atoms with Crippen LogP contribution in [0.25, 0.3) is 10.9 Å². The van der Waals surface area contributed by atoms with Crippen LogP contribution in [0.3, 0.4) is 0 Å². The molecule has 0 aliphatic carbocycles. The molecule has 33 heavy (non-hydrogen) atoms. The topological polar surface area (TPSA) is 136 Å². The highest BCUT2D eigenvalue weighted by molar-refractivity contribution is 7.92. The number of para-hydroxylation sites is 1. The van der Waals surface area contributed by atoms with Crippen molar-refractivity contribution in [2.75, 3.05) is 23.5 Å². The third-order valence-electron chi connectivity index (χ3n) is 5.35. The van der Waals surface area contributed by atoms with E-state index in [0.717, 1.165) is 35.0 Å². The van der Waals surface area contributed by atoms with E-state index in [-0.39, 0.29) is 4.90 Å². The molecule has 0 radical (unpaired) electrons. The molecule has 0 bridgehead atoms. The number of benzene rings is 2. The Balaban J connectivity index is 1.30. The van der Waals surface area contributed by atoms with Crippen LogP contribution in [0.2, 0.25) is 0 Å². The van der Waals surface area contributed by atoms with E-state index in [9.17, 15) is 13.5 Å². The first-order valence-electron chi connectivity index (χ1n) is 10.6. The molecule has 170 valence electrons. The van der Waals surface area contributed by atoms with Gasteiger partial charge in [-0.2, -0.15) is 0 Å². The van der Waals surface area contributed by atoms with E-state index in [1.807, 2.05) is 41.7 Å². The minimum Gasteiger partial charge on any atom is -0.382 e. The maximum absolute atomic E-state index is 12.8. The van der Waals surface area contributed by atoms with Crippen molar-refractivity contribution in [1.29, 1.82) is 0 Å². The number of anilines is 2. The Hall–Kier alpha value is -3.53. The van der Waals surface area contributed by atoms with Gasteiger partial charge in [0.1, 0.15) is 17.5 Å². The standard InChI is InChI=1S/C24H25N5O3S/c25-24-10-7-19(14-28-24)23(30)16-26-12-11-17-5-8-20(9-6-17)29-33(31,32)21-13-18-3-1-2-4-22(18)27-15-21/h1-10,13-15,23,26,29-30H,11-12,16H2,(H2,25,28)/p+2. The van der Waals surface area contributed by atoms with Gasteiger partial charge in [-0.3, -0.25) is 15.4 Å². The van der Waals surface area contributed by atoms with Crippen molar-refractivity contribution in [3.8, 4) is 0 Å². The third kappa shape index (κ3) is 5.83. The zero-order valence-corrected chi connectivity index (χ0v) is 18.8. The number of aromatic nitrogens is 2. The van der Waals surface area contributed by atoms with Crippen molar-refractivity contribution in [3.63, 3.8) is 0 Å². The molecule has 9 heteroatoms. The van der Waals surface area contributed by atoms with Crippen LogP contribution in [0, 0.1) is 0 Å². The van der Waals surface area contributed by atoms with E-state index < -0.39 is 16.1 Å². The van der Waals surface area contributed by atoms with Crippen LogP contribution in [0.15, 0.2) is 84.0 Å². The average molecular weight is 466 g/mol. The summed E-state index contributed by atoms with van der Waals surface area (Å²) in [6.07, 6.45) is 3.29. The number of nitrogens with zero attached hydrogens (tertiary/aromatic N) is 1. The number of hydrogen-bond donors (Lipinski definition) is 4. The molecule has 0 saturated heterocycles. The maximum Gasteiger partial charge on any atom is 0.270 e. The van der Waals surface area contributed by atoms with Gasteiger partial charge in [0.05, 0.1) is 18.3 Å². The normalized spacial score (nSPS) is 12.5. The molecular weight excluding hydrogens is 438 g/mol. The highest BCUT2D eigenvalue weighted by Crippen LogP contribution is 2.20. The molecule has 0 amide bonds. The zero-order valence-electron chi connectivity index (χ0n) is 18.0. The number of rotatable bonds is 9. The number of hydrogen-bond acceptors (Lipinski definition) is 5. The Morgan fingerprint density at radius 3 is 2.64 bits per heavy atom. The fourth-order valence-electron chi connectivity index (χ4n) is 3.49. The van der Waals surface area contributed by atoms with Gasteiger partial charge in [-0.15, -0.1) is 0 Å². The van der Waals surface area contributed by atoms with Crippen LogP contribution < -0.4 is 20.8 Å². The SMILES string of the molecule is Nc1ccc(C(O)C[NH2+]CCc2ccc(NS(=O)(=O)c3cnc4ccccc4c3)cc2)c[nH+]1. The van der Waals surface area contributed by atoms with E-state index in [4.69, 9.17) is 5.73 Å². The van der Waals surface area contributed by atoms with Gasteiger partial charge in [-0.05, 0) is 35.9 Å². The molecule has 0 saturated carbocycles. The molecule has 8 nitrogen and oxygen atoms in total. The molecule has 1 atom stereocenters. The minimum absolute atomic E-state index is 0.122. The van der Waals surface area contributed by atoms with E-state index >= 15 is 0 Å². The fraction of sp³-hybridized carbons (Fsp3) is 0.167. The molecule has 0 aliphatic heterocycles. The number of nitrogens with one attached hydrogen (secondary N) is 2. The molecule has 1 unspecified atom stereocenters. The second-order valence-corrected chi connectivity index (χ2v) is 9.50. The van der Waals surface area contributed by atoms with Gasteiger partial charge in [-0.1, -0.05) is 30.3 Å². The van der Waals surface area contributed by atoms with Crippen LogP contribution in [-0.2, 0) is 16.4 Å². The first-order valence-corrected chi connectivity index (χ1v) is 12.1. The number of sulfonamides is 1. The first-order chi connectivity index (χ1) is 15.9. The largest absolute Gasteiger partial charge is 0.382 e. The maximum atomic E-state index is 12.8. The molecule has 2 aromatic carbocycles. The van der Waals surface area contributed by atoms with Gasteiger partial charge in [0.25, 0.3) is 15.8 Å². The summed E-state index contributed by atoms with van der Waals surface area (Å²) in [6.45, 7) is 1.33. The van der Waals surface area contributed by atoms with Gasteiger partial charge in [0, 0.05) is 35.3 Å². The summed E-state index contributed by atoms with van der Waals surface area (Å²) in [5.41, 5.74) is 8.73. The number of fused-ring (bicyclic) bond motifs is 1. The second kappa shape index (κ2) is 9.95. The van der Waals surface area contributed by atoms with E-state index in [0.29, 0.717) is 18.1 Å². The Morgan fingerprint density at radius 1 is 1.09 bits per heavy atom. The molecule has 2 heterocycles. The summed E-state index contributed by atoms with van der Waals surface area (Å²) in [5.74, 6) is 0.551. The Kier molecular flexibility index (Phi) is 6.83. The predicted molar refractivity (Wildman–Crippen MR) is 127 cm³/mol. The van der Waals surface area contributed by atoms with Crippen molar-refractivity contribution >= 4 is 32.4 Å². The number of nitrogens with two attached hydrogens (primary N) is 2. The molecule has 0 fully saturated rings. The number of aliphatic hydroxyl groups excluding tert-OH is 1. The summed E-state index contributed by atoms with van der Waals surface area (Å²) >= 11 is 0. The molecule has 4 aromatic rings. The summed E-state index contributed by atoms with van der Waals surface area (Å²) in [7, 11) is -3.73. The van der Waals surface area contributed by atoms with E-state index in [1.54, 1.807) is 36.5 Å². The Labute approximate surface area is 192 Å². The average Bonchev–Trinajstić information content (AvgIpc) is 2.82. The third-order valence-corrected chi connectivity index (χ3v) is 6.70. The number of aliphatic hydroxyl groups is 1. The second-order valence-electron chi connectivity index (χ2n) is 7.82. The summed E-state index contributed by atoms with van der Waals surface area (Å²) in [5, 5.41) is 13.1. The van der Waals surface area contributed by atoms with Crippen molar-refractivity contribution in [1.82, 2.24) is 4.98 Å². The van der Waals surface area contributed by atoms with Gasteiger partial charge in [0.2, 0.25) is 0 Å². The first kappa shape index (κ1) is 22.7. The van der Waals surface area contributed by atoms with Gasteiger partial charge >= 0.3 is 0 Å². The number of H-pyrrole nitrogens is 1. The molecule has 0 spiro atoms. The van der Waals surface area contributed by atoms with Crippen molar-refractivity contribution in [3.05, 3.63) is 90.3 Å². The fourth-order valence-corrected chi connectivity index (χ4v) is 4.53. The van der Waals surface area contributed by atoms with Crippen LogP contribution in [-0.4, -0.2) is 31.6 Å². The number of nitrogen functional groups attached to an aromatic ring is 1. The highest BCUT2D eigenvalue weighted by atomic mass is 32.2. The molecular formula is C24H27N5O3S+2. The zero-order chi connectivity index (χ0) is 23.3. The van der Waals surface area contributed by atoms with Crippen LogP contribution in [0.4, 0.5) is 11.5 Å². The van der Waals surface area contributed by atoms with Crippen LogP contribution in [0.5, 0.6) is 0 Å². The van der Waals surface area contributed by atoms with Crippen molar-refractivity contribution in [2.45, 2.75) is 17.4 Å². The number of aromatic amines is 1. The summed E-state index contributed by atoms with van der Waals surface area (Å²) in [6, 6.07) is 19.8. The predicted octanol–water partition coefficient (Wildman–Crippen LogP) is 1.27. The van der Waals surface area contributed by atoms with E-state index in [1.165, 1.54) is 6.20 Å². The minimum atomic E-state index is -3.73. The lowest BCUT2D eigenvalue weighted by atomic mass is 10.1. The lowest BCUT2D eigenvalue weighted by Crippen LogP contribution is -2.85. The summed E-state index contributed by atoms with van der Waals surface area (Å²) < 4.78 is 28.1. The molecule has 0 aliphatic rings. The highest BCUT2D eigenvalue weighted by Gasteiger charge is 2.15. The Morgan fingerprint density at radius 2 is 1.88 bits per heavy atom. The van der Waals surface area contributed by atoms with Gasteiger partial charge in [0.15, 0.2) is 0 Å². The van der Waals surface area contributed by atoms with Crippen LogP contribution >= 0.6 is 0 Å².